The monoisotopic (exact) mass is 465 g/mol. The Hall–Kier alpha value is -2.46. The molecular weight excluding hydrogens is 446 g/mol. The molecule has 0 bridgehead atoms. The fourth-order valence-corrected chi connectivity index (χ4v) is 4.73. The number of hydrogen-bond donors (Lipinski definition) is 2. The third kappa shape index (κ3) is 5.57. The van der Waals surface area contributed by atoms with Crippen LogP contribution < -0.4 is 14.8 Å². The number of amides is 1. The van der Waals surface area contributed by atoms with Gasteiger partial charge in [-0.3, -0.25) is 4.79 Å². The number of aryl methyl sites for hydroxylation is 1. The number of hydrogen-bond acceptors (Lipinski definition) is 6. The van der Waals surface area contributed by atoms with E-state index >= 15 is 0 Å². The van der Waals surface area contributed by atoms with E-state index in [1.165, 1.54) is 23.5 Å². The smallest absolute Gasteiger partial charge is 0.240 e. The van der Waals surface area contributed by atoms with Crippen LogP contribution in [-0.2, 0) is 14.8 Å². The Labute approximate surface area is 184 Å². The maximum atomic E-state index is 12.2. The maximum absolute atomic E-state index is 12.2. The van der Waals surface area contributed by atoms with Crippen LogP contribution in [0.15, 0.2) is 52.7 Å². The molecule has 0 fully saturated rings. The summed E-state index contributed by atoms with van der Waals surface area (Å²) in [4.78, 5) is 16.7. The molecule has 1 amide bonds. The standard InChI is InChI=1S/C20H20ClN3O4S2/c1-13-6-7-18(28-2)16(10-13)17-12-29-20(23-17)24-19(25)8-9-22-30(26,27)15-5-3-4-14(21)11-15/h3-7,10-12,22H,8-9H2,1-2H3,(H,23,24,25). The second kappa shape index (κ2) is 9.57. The van der Waals surface area contributed by atoms with E-state index in [1.54, 1.807) is 19.2 Å². The van der Waals surface area contributed by atoms with Crippen molar-refractivity contribution in [1.29, 1.82) is 0 Å². The van der Waals surface area contributed by atoms with E-state index in [2.05, 4.69) is 15.0 Å². The summed E-state index contributed by atoms with van der Waals surface area (Å²) in [5.41, 5.74) is 2.59. The molecule has 0 saturated carbocycles. The molecule has 1 heterocycles. The van der Waals surface area contributed by atoms with Crippen molar-refractivity contribution in [3.8, 4) is 17.0 Å². The van der Waals surface area contributed by atoms with Crippen LogP contribution in [0.1, 0.15) is 12.0 Å². The number of benzene rings is 2. The van der Waals surface area contributed by atoms with Crippen molar-refractivity contribution >= 4 is 44.0 Å². The molecule has 0 unspecified atom stereocenters. The van der Waals surface area contributed by atoms with E-state index in [9.17, 15) is 13.2 Å². The minimum Gasteiger partial charge on any atom is -0.496 e. The number of aromatic nitrogens is 1. The number of nitrogens with zero attached hydrogens (tertiary/aromatic N) is 1. The molecule has 0 spiro atoms. The van der Waals surface area contributed by atoms with Crippen LogP contribution in [0.5, 0.6) is 5.75 Å². The number of carbonyl (C=O) groups excluding carboxylic acids is 1. The third-order valence-electron chi connectivity index (χ3n) is 4.13. The highest BCUT2D eigenvalue weighted by Gasteiger charge is 2.16. The topological polar surface area (TPSA) is 97.4 Å². The Morgan fingerprint density at radius 2 is 2.03 bits per heavy atom. The Bertz CT molecular complexity index is 1160. The third-order valence-corrected chi connectivity index (χ3v) is 6.58. The molecule has 0 aliphatic heterocycles. The van der Waals surface area contributed by atoms with Gasteiger partial charge in [0.25, 0.3) is 0 Å². The lowest BCUT2D eigenvalue weighted by Crippen LogP contribution is -2.27. The largest absolute Gasteiger partial charge is 0.496 e. The number of nitrogens with one attached hydrogen (secondary N) is 2. The molecule has 0 aliphatic carbocycles. The van der Waals surface area contributed by atoms with Crippen LogP contribution in [0, 0.1) is 6.92 Å². The van der Waals surface area contributed by atoms with Crippen molar-refractivity contribution in [2.75, 3.05) is 19.0 Å². The van der Waals surface area contributed by atoms with Crippen LogP contribution in [0.2, 0.25) is 5.02 Å². The predicted octanol–water partition coefficient (Wildman–Crippen LogP) is 4.09. The Kier molecular flexibility index (Phi) is 7.09. The van der Waals surface area contributed by atoms with Gasteiger partial charge in [0, 0.05) is 28.9 Å². The minimum atomic E-state index is -3.74. The van der Waals surface area contributed by atoms with E-state index in [0.717, 1.165) is 11.1 Å². The first kappa shape index (κ1) is 22.2. The number of thiazole rings is 1. The molecular formula is C20H20ClN3O4S2. The quantitative estimate of drug-likeness (QED) is 0.522. The van der Waals surface area contributed by atoms with E-state index in [4.69, 9.17) is 16.3 Å². The summed E-state index contributed by atoms with van der Waals surface area (Å²) in [6.07, 6.45) is -0.0392. The van der Waals surface area contributed by atoms with Gasteiger partial charge in [0.1, 0.15) is 5.75 Å². The summed E-state index contributed by atoms with van der Waals surface area (Å²) in [5, 5.41) is 5.27. The number of anilines is 1. The number of carbonyl (C=O) groups is 1. The lowest BCUT2D eigenvalue weighted by molar-refractivity contribution is -0.116. The fraction of sp³-hybridized carbons (Fsp3) is 0.200. The van der Waals surface area contributed by atoms with Crippen molar-refractivity contribution < 1.29 is 17.9 Å². The molecule has 0 atom stereocenters. The molecule has 2 N–H and O–H groups in total. The molecule has 0 saturated heterocycles. The highest BCUT2D eigenvalue weighted by molar-refractivity contribution is 7.89. The van der Waals surface area contributed by atoms with Gasteiger partial charge in [-0.15, -0.1) is 11.3 Å². The first-order valence-corrected chi connectivity index (χ1v) is 11.7. The minimum absolute atomic E-state index is 0.0392. The highest BCUT2D eigenvalue weighted by Crippen LogP contribution is 2.33. The van der Waals surface area contributed by atoms with Crippen molar-refractivity contribution in [1.82, 2.24) is 9.71 Å². The summed E-state index contributed by atoms with van der Waals surface area (Å²) in [5.74, 6) is 0.347. The van der Waals surface area contributed by atoms with Gasteiger partial charge in [0.05, 0.1) is 17.7 Å². The van der Waals surface area contributed by atoms with Crippen LogP contribution in [-0.4, -0.2) is 33.0 Å². The number of rotatable bonds is 8. The van der Waals surface area contributed by atoms with E-state index in [1.807, 2.05) is 30.5 Å². The Morgan fingerprint density at radius 1 is 1.23 bits per heavy atom. The van der Waals surface area contributed by atoms with Gasteiger partial charge in [0.2, 0.25) is 15.9 Å². The van der Waals surface area contributed by atoms with Crippen LogP contribution in [0.25, 0.3) is 11.3 Å². The van der Waals surface area contributed by atoms with Gasteiger partial charge in [0.15, 0.2) is 5.13 Å². The summed E-state index contributed by atoms with van der Waals surface area (Å²) in [7, 11) is -2.15. The molecule has 10 heteroatoms. The fourth-order valence-electron chi connectivity index (χ4n) is 2.68. The SMILES string of the molecule is COc1ccc(C)cc1-c1csc(NC(=O)CCNS(=O)(=O)c2cccc(Cl)c2)n1. The van der Waals surface area contributed by atoms with Crippen LogP contribution in [0.3, 0.4) is 0 Å². The lowest BCUT2D eigenvalue weighted by Gasteiger charge is -2.07. The average Bonchev–Trinajstić information content (AvgIpc) is 3.16. The first-order chi connectivity index (χ1) is 14.3. The second-order valence-electron chi connectivity index (χ2n) is 6.39. The van der Waals surface area contributed by atoms with Crippen molar-refractivity contribution in [3.05, 3.63) is 58.4 Å². The zero-order valence-corrected chi connectivity index (χ0v) is 18.7. The molecule has 7 nitrogen and oxygen atoms in total. The van der Waals surface area contributed by atoms with Gasteiger partial charge in [-0.25, -0.2) is 18.1 Å². The Balaban J connectivity index is 1.58. The zero-order chi connectivity index (χ0) is 21.7. The number of methoxy groups -OCH3 is 1. The van der Waals surface area contributed by atoms with Gasteiger partial charge in [-0.2, -0.15) is 0 Å². The molecule has 30 heavy (non-hydrogen) atoms. The highest BCUT2D eigenvalue weighted by atomic mass is 35.5. The van der Waals surface area contributed by atoms with Crippen LogP contribution in [0.4, 0.5) is 5.13 Å². The van der Waals surface area contributed by atoms with Gasteiger partial charge < -0.3 is 10.1 Å². The van der Waals surface area contributed by atoms with Crippen molar-refractivity contribution in [2.45, 2.75) is 18.2 Å². The van der Waals surface area contributed by atoms with Crippen molar-refractivity contribution in [3.63, 3.8) is 0 Å². The van der Waals surface area contributed by atoms with Crippen molar-refractivity contribution in [2.24, 2.45) is 0 Å². The second-order valence-corrected chi connectivity index (χ2v) is 9.46. The predicted molar refractivity (Wildman–Crippen MR) is 119 cm³/mol. The number of ether oxygens (including phenoxy) is 1. The lowest BCUT2D eigenvalue weighted by atomic mass is 10.1. The number of sulfonamides is 1. The average molecular weight is 466 g/mol. The molecule has 3 rings (SSSR count). The molecule has 3 aromatic rings. The molecule has 2 aromatic carbocycles. The van der Waals surface area contributed by atoms with E-state index in [-0.39, 0.29) is 23.8 Å². The molecule has 0 radical (unpaired) electrons. The maximum Gasteiger partial charge on any atom is 0.240 e. The molecule has 158 valence electrons. The van der Waals surface area contributed by atoms with Gasteiger partial charge in [-0.1, -0.05) is 29.3 Å². The summed E-state index contributed by atoms with van der Waals surface area (Å²) >= 11 is 7.11. The first-order valence-electron chi connectivity index (χ1n) is 8.94. The van der Waals surface area contributed by atoms with Gasteiger partial charge >= 0.3 is 0 Å². The zero-order valence-electron chi connectivity index (χ0n) is 16.3. The molecule has 1 aromatic heterocycles. The Morgan fingerprint density at radius 3 is 2.77 bits per heavy atom. The van der Waals surface area contributed by atoms with Crippen LogP contribution >= 0.6 is 22.9 Å². The van der Waals surface area contributed by atoms with E-state index in [0.29, 0.717) is 21.6 Å². The van der Waals surface area contributed by atoms with Gasteiger partial charge in [-0.05, 0) is 37.3 Å². The van der Waals surface area contributed by atoms with E-state index < -0.39 is 10.0 Å². The summed E-state index contributed by atoms with van der Waals surface area (Å²) < 4.78 is 32.3. The molecule has 0 aliphatic rings. The summed E-state index contributed by atoms with van der Waals surface area (Å²) in [6, 6.07) is 11.7. The normalized spacial score (nSPS) is 11.3. The summed E-state index contributed by atoms with van der Waals surface area (Å²) in [6.45, 7) is 1.92. The number of halogens is 1.